The number of hydrogen-bond donors (Lipinski definition) is 1. The van der Waals surface area contributed by atoms with Crippen LogP contribution in [0.4, 0.5) is 17.6 Å². The molecular weight excluding hydrogens is 380 g/mol. The van der Waals surface area contributed by atoms with E-state index >= 15 is 0 Å². The van der Waals surface area contributed by atoms with Crippen molar-refractivity contribution in [1.82, 2.24) is 9.21 Å². The number of halogens is 4. The summed E-state index contributed by atoms with van der Waals surface area (Å²) in [6.45, 7) is -0.279. The number of carbonyl (C=O) groups is 1. The van der Waals surface area contributed by atoms with Crippen molar-refractivity contribution >= 4 is 16.0 Å². The number of likely N-dealkylation sites (N-methyl/N-ethyl adjacent to an activating group) is 1. The van der Waals surface area contributed by atoms with Gasteiger partial charge in [-0.1, -0.05) is 0 Å². The van der Waals surface area contributed by atoms with Crippen LogP contribution in [0.1, 0.15) is 18.4 Å². The van der Waals surface area contributed by atoms with Crippen molar-refractivity contribution in [1.29, 1.82) is 0 Å². The lowest BCUT2D eigenvalue weighted by atomic mass is 10.1. The number of nitrogens with zero attached hydrogens (tertiary/aromatic N) is 2. The van der Waals surface area contributed by atoms with Crippen LogP contribution in [0.3, 0.4) is 0 Å². The fourth-order valence-corrected chi connectivity index (χ4v) is 4.44. The van der Waals surface area contributed by atoms with Crippen molar-refractivity contribution < 1.29 is 35.9 Å². The van der Waals surface area contributed by atoms with Crippen LogP contribution in [0.5, 0.6) is 0 Å². The van der Waals surface area contributed by atoms with Crippen LogP contribution in [-0.2, 0) is 21.0 Å². The molecule has 1 N–H and O–H groups in total. The third kappa shape index (κ3) is 4.51. The molecule has 0 unspecified atom stereocenters. The first kappa shape index (κ1) is 20.6. The molecule has 0 bridgehead atoms. The Hall–Kier alpha value is -1.72. The highest BCUT2D eigenvalue weighted by atomic mass is 32.2. The van der Waals surface area contributed by atoms with Gasteiger partial charge in [-0.3, -0.25) is 9.69 Å². The van der Waals surface area contributed by atoms with E-state index in [1.807, 2.05) is 0 Å². The van der Waals surface area contributed by atoms with Crippen LogP contribution in [0.15, 0.2) is 23.1 Å². The van der Waals surface area contributed by atoms with Gasteiger partial charge in [0.1, 0.15) is 10.7 Å². The van der Waals surface area contributed by atoms with Crippen LogP contribution in [0.2, 0.25) is 0 Å². The second-order valence-corrected chi connectivity index (χ2v) is 7.99. The number of alkyl halides is 3. The number of benzene rings is 1. The molecule has 1 fully saturated rings. The predicted octanol–water partition coefficient (Wildman–Crippen LogP) is 2.01. The third-order valence-corrected chi connectivity index (χ3v) is 6.22. The zero-order chi connectivity index (χ0) is 19.7. The molecule has 0 radical (unpaired) electrons. The average molecular weight is 398 g/mol. The summed E-state index contributed by atoms with van der Waals surface area (Å²) >= 11 is 0. The fraction of sp³-hybridized carbons (Fsp3) is 0.533. The van der Waals surface area contributed by atoms with E-state index < -0.39 is 38.4 Å². The Kier molecular flexibility index (Phi) is 5.93. The third-order valence-electron chi connectivity index (χ3n) is 4.31. The molecule has 2 rings (SSSR count). The number of aliphatic carboxylic acids is 1. The van der Waals surface area contributed by atoms with E-state index in [1.165, 1.54) is 0 Å². The Labute approximate surface area is 148 Å². The van der Waals surface area contributed by atoms with Crippen LogP contribution in [-0.4, -0.2) is 61.4 Å². The van der Waals surface area contributed by atoms with Gasteiger partial charge in [0.05, 0.1) is 12.1 Å². The highest BCUT2D eigenvalue weighted by Gasteiger charge is 2.36. The molecule has 1 aromatic carbocycles. The summed E-state index contributed by atoms with van der Waals surface area (Å²) in [6.07, 6.45) is -4.20. The minimum Gasteiger partial charge on any atom is -0.480 e. The van der Waals surface area contributed by atoms with Crippen LogP contribution < -0.4 is 0 Å². The Morgan fingerprint density at radius 3 is 2.38 bits per heavy atom. The van der Waals surface area contributed by atoms with Gasteiger partial charge >= 0.3 is 12.1 Å². The number of rotatable bonds is 5. The van der Waals surface area contributed by atoms with Crippen molar-refractivity contribution in [2.24, 2.45) is 0 Å². The zero-order valence-corrected chi connectivity index (χ0v) is 14.6. The maximum absolute atomic E-state index is 13.9. The van der Waals surface area contributed by atoms with E-state index in [1.54, 1.807) is 11.9 Å². The number of carboxylic acid groups (broad SMARTS) is 1. The number of sulfonamides is 1. The Bertz CT molecular complexity index is 774. The first-order chi connectivity index (χ1) is 11.9. The van der Waals surface area contributed by atoms with Crippen LogP contribution >= 0.6 is 0 Å². The molecule has 1 aliphatic rings. The van der Waals surface area contributed by atoms with Gasteiger partial charge in [0.25, 0.3) is 0 Å². The van der Waals surface area contributed by atoms with Crippen molar-refractivity contribution in [3.8, 4) is 0 Å². The second-order valence-electron chi connectivity index (χ2n) is 6.09. The van der Waals surface area contributed by atoms with E-state index in [0.29, 0.717) is 31.0 Å². The van der Waals surface area contributed by atoms with E-state index in [0.717, 1.165) is 4.31 Å². The number of piperidine rings is 1. The maximum Gasteiger partial charge on any atom is 0.416 e. The van der Waals surface area contributed by atoms with E-state index in [2.05, 4.69) is 0 Å². The Morgan fingerprint density at radius 2 is 1.88 bits per heavy atom. The minimum absolute atomic E-state index is 0.0351. The first-order valence-electron chi connectivity index (χ1n) is 7.72. The smallest absolute Gasteiger partial charge is 0.416 e. The normalized spacial score (nSPS) is 17.6. The Balaban J connectivity index is 2.18. The van der Waals surface area contributed by atoms with Gasteiger partial charge in [0.2, 0.25) is 10.0 Å². The van der Waals surface area contributed by atoms with Crippen molar-refractivity contribution in [2.75, 3.05) is 26.7 Å². The molecule has 6 nitrogen and oxygen atoms in total. The number of hydrogen-bond acceptors (Lipinski definition) is 4. The van der Waals surface area contributed by atoms with Gasteiger partial charge in [-0.05, 0) is 38.1 Å². The fourth-order valence-electron chi connectivity index (χ4n) is 2.88. The molecule has 0 amide bonds. The SMILES string of the molecule is CN(CC(=O)O)C1CCN(S(=O)(=O)c2cc(C(F)(F)F)ccc2F)CC1. The van der Waals surface area contributed by atoms with Crippen molar-refractivity contribution in [3.63, 3.8) is 0 Å². The average Bonchev–Trinajstić information content (AvgIpc) is 2.53. The maximum atomic E-state index is 13.9. The molecule has 0 aliphatic carbocycles. The quantitative estimate of drug-likeness (QED) is 0.768. The minimum atomic E-state index is -4.79. The summed E-state index contributed by atoms with van der Waals surface area (Å²) < 4.78 is 78.3. The van der Waals surface area contributed by atoms with E-state index in [4.69, 9.17) is 5.11 Å². The van der Waals surface area contributed by atoms with Gasteiger partial charge in [0.15, 0.2) is 0 Å². The van der Waals surface area contributed by atoms with Gasteiger partial charge in [-0.2, -0.15) is 17.5 Å². The van der Waals surface area contributed by atoms with Gasteiger partial charge in [-0.15, -0.1) is 0 Å². The Morgan fingerprint density at radius 1 is 1.31 bits per heavy atom. The largest absolute Gasteiger partial charge is 0.480 e. The molecular formula is C15H18F4N2O4S. The highest BCUT2D eigenvalue weighted by Crippen LogP contribution is 2.33. The summed E-state index contributed by atoms with van der Waals surface area (Å²) in [5, 5.41) is 8.79. The molecule has 0 atom stereocenters. The molecule has 0 spiro atoms. The summed E-state index contributed by atoms with van der Waals surface area (Å²) in [4.78, 5) is 11.3. The first-order valence-corrected chi connectivity index (χ1v) is 9.16. The topological polar surface area (TPSA) is 77.9 Å². The van der Waals surface area contributed by atoms with Crippen LogP contribution in [0.25, 0.3) is 0 Å². The van der Waals surface area contributed by atoms with Crippen molar-refractivity contribution in [3.05, 3.63) is 29.6 Å². The summed E-state index contributed by atoms with van der Waals surface area (Å²) in [5.41, 5.74) is -1.24. The van der Waals surface area contributed by atoms with Crippen LogP contribution in [0, 0.1) is 5.82 Å². The summed E-state index contributed by atoms with van der Waals surface area (Å²) in [6, 6.07) is 1.10. The molecule has 146 valence electrons. The molecule has 1 saturated heterocycles. The number of carboxylic acids is 1. The molecule has 0 saturated carbocycles. The molecule has 26 heavy (non-hydrogen) atoms. The zero-order valence-electron chi connectivity index (χ0n) is 13.8. The lowest BCUT2D eigenvalue weighted by molar-refractivity contribution is -0.139. The summed E-state index contributed by atoms with van der Waals surface area (Å²) in [5.74, 6) is -2.27. The molecule has 0 aromatic heterocycles. The molecule has 11 heteroatoms. The molecule has 1 aliphatic heterocycles. The monoisotopic (exact) mass is 398 g/mol. The van der Waals surface area contributed by atoms with Gasteiger partial charge in [0, 0.05) is 19.1 Å². The van der Waals surface area contributed by atoms with E-state index in [9.17, 15) is 30.8 Å². The molecule has 1 heterocycles. The highest BCUT2D eigenvalue weighted by molar-refractivity contribution is 7.89. The summed E-state index contributed by atoms with van der Waals surface area (Å²) in [7, 11) is -2.83. The predicted molar refractivity (Wildman–Crippen MR) is 83.4 cm³/mol. The lowest BCUT2D eigenvalue weighted by Crippen LogP contribution is -2.46. The molecule has 1 aromatic rings. The standard InChI is InChI=1S/C15H18F4N2O4S/c1-20(9-14(22)23)11-4-6-21(7-5-11)26(24,25)13-8-10(15(17,18)19)2-3-12(13)16/h2-3,8,11H,4-7,9H2,1H3,(H,22,23). The van der Waals surface area contributed by atoms with E-state index in [-0.39, 0.29) is 25.7 Å². The second kappa shape index (κ2) is 7.49. The van der Waals surface area contributed by atoms with Gasteiger partial charge in [-0.25, -0.2) is 12.8 Å². The van der Waals surface area contributed by atoms with Gasteiger partial charge < -0.3 is 5.11 Å². The lowest BCUT2D eigenvalue weighted by Gasteiger charge is -2.35. The van der Waals surface area contributed by atoms with Crippen molar-refractivity contribution in [2.45, 2.75) is 30.0 Å².